The van der Waals surface area contributed by atoms with Crippen LogP contribution in [-0.2, 0) is 0 Å². The van der Waals surface area contributed by atoms with Crippen LogP contribution in [0.1, 0.15) is 45.4 Å². The minimum Gasteiger partial charge on any atom is -0.313 e. The number of thioether (sulfide) groups is 1. The quantitative estimate of drug-likeness (QED) is 0.898. The predicted octanol–water partition coefficient (Wildman–Crippen LogP) is 3.50. The fourth-order valence-corrected chi connectivity index (χ4v) is 4.95. The Hall–Kier alpha value is -0.130. The number of nitrogens with zero attached hydrogens (tertiary/aromatic N) is 2. The number of hydrogen-bond acceptors (Lipinski definition) is 5. The first-order valence-corrected chi connectivity index (χ1v) is 8.58. The maximum absolute atomic E-state index is 4.49. The normalized spacial score (nSPS) is 28.5. The largest absolute Gasteiger partial charge is 0.313 e. The monoisotopic (exact) mass is 285 g/mol. The van der Waals surface area contributed by atoms with Crippen LogP contribution in [0.2, 0.25) is 0 Å². The predicted molar refractivity (Wildman–Crippen MR) is 79.4 cm³/mol. The van der Waals surface area contributed by atoms with Crippen LogP contribution in [0.3, 0.4) is 0 Å². The van der Waals surface area contributed by atoms with E-state index in [1.165, 1.54) is 25.7 Å². The molecule has 0 spiro atoms. The number of aromatic nitrogens is 2. The molecule has 1 heterocycles. The van der Waals surface area contributed by atoms with E-state index in [1.54, 1.807) is 11.5 Å². The Balaban J connectivity index is 2.00. The van der Waals surface area contributed by atoms with Crippen molar-refractivity contribution in [2.75, 3.05) is 6.54 Å². The molecule has 0 aliphatic heterocycles. The summed E-state index contributed by atoms with van der Waals surface area (Å²) in [5, 5.41) is 4.30. The summed E-state index contributed by atoms with van der Waals surface area (Å²) in [7, 11) is 0. The summed E-state index contributed by atoms with van der Waals surface area (Å²) in [6, 6.07) is 0.645. The highest BCUT2D eigenvalue weighted by atomic mass is 32.2. The molecule has 1 fully saturated rings. The van der Waals surface area contributed by atoms with Gasteiger partial charge < -0.3 is 5.32 Å². The van der Waals surface area contributed by atoms with Gasteiger partial charge in [0.05, 0.1) is 0 Å². The SMILES string of the molecule is CCNC1CCC(CC)CC1Sc1nc(C)ns1. The number of hydrogen-bond donors (Lipinski definition) is 1. The van der Waals surface area contributed by atoms with Gasteiger partial charge in [-0.2, -0.15) is 4.37 Å². The fraction of sp³-hybridized carbons (Fsp3) is 0.846. The van der Waals surface area contributed by atoms with Gasteiger partial charge in [-0.05, 0) is 50.2 Å². The third-order valence-electron chi connectivity index (χ3n) is 3.71. The molecule has 5 heteroatoms. The van der Waals surface area contributed by atoms with Crippen LogP contribution in [0.25, 0.3) is 0 Å². The van der Waals surface area contributed by atoms with E-state index >= 15 is 0 Å². The first kappa shape index (κ1) is 14.3. The van der Waals surface area contributed by atoms with Gasteiger partial charge in [0.25, 0.3) is 0 Å². The lowest BCUT2D eigenvalue weighted by atomic mass is 9.84. The summed E-state index contributed by atoms with van der Waals surface area (Å²) in [5.41, 5.74) is 0. The molecule has 1 aliphatic rings. The molecule has 1 N–H and O–H groups in total. The third-order valence-corrected chi connectivity index (χ3v) is 5.94. The summed E-state index contributed by atoms with van der Waals surface area (Å²) < 4.78 is 5.42. The molecule has 1 saturated carbocycles. The molecule has 0 bridgehead atoms. The molecule has 102 valence electrons. The second kappa shape index (κ2) is 6.87. The molecule has 3 unspecified atom stereocenters. The first-order valence-electron chi connectivity index (χ1n) is 6.93. The molecule has 3 nitrogen and oxygen atoms in total. The van der Waals surface area contributed by atoms with Crippen LogP contribution in [0, 0.1) is 12.8 Å². The van der Waals surface area contributed by atoms with E-state index < -0.39 is 0 Å². The van der Waals surface area contributed by atoms with E-state index in [-0.39, 0.29) is 0 Å². The van der Waals surface area contributed by atoms with Gasteiger partial charge in [0.2, 0.25) is 0 Å². The third kappa shape index (κ3) is 3.68. The van der Waals surface area contributed by atoms with Crippen molar-refractivity contribution in [3.05, 3.63) is 5.82 Å². The molecule has 0 aromatic carbocycles. The van der Waals surface area contributed by atoms with Crippen LogP contribution in [-0.4, -0.2) is 27.2 Å². The minimum absolute atomic E-state index is 0.645. The zero-order chi connectivity index (χ0) is 13.0. The lowest BCUT2D eigenvalue weighted by Crippen LogP contribution is -2.42. The van der Waals surface area contributed by atoms with Gasteiger partial charge in [0.15, 0.2) is 4.34 Å². The van der Waals surface area contributed by atoms with Crippen molar-refractivity contribution in [3.8, 4) is 0 Å². The summed E-state index contributed by atoms with van der Waals surface area (Å²) in [6.45, 7) is 7.55. The summed E-state index contributed by atoms with van der Waals surface area (Å²) in [5.74, 6) is 1.80. The van der Waals surface area contributed by atoms with Crippen LogP contribution in [0.5, 0.6) is 0 Å². The second-order valence-electron chi connectivity index (χ2n) is 5.02. The Bertz CT molecular complexity index is 367. The van der Waals surface area contributed by atoms with Crippen LogP contribution >= 0.6 is 23.3 Å². The Morgan fingerprint density at radius 1 is 1.39 bits per heavy atom. The fourth-order valence-electron chi connectivity index (χ4n) is 2.66. The molecule has 0 saturated heterocycles. The minimum atomic E-state index is 0.645. The molecule has 0 amide bonds. The average Bonchev–Trinajstić information content (AvgIpc) is 2.77. The summed E-state index contributed by atoms with van der Waals surface area (Å²) in [4.78, 5) is 4.49. The molecule has 1 aliphatic carbocycles. The van der Waals surface area contributed by atoms with Gasteiger partial charge in [-0.3, -0.25) is 0 Å². The molecular weight excluding hydrogens is 262 g/mol. The number of aryl methyl sites for hydroxylation is 1. The van der Waals surface area contributed by atoms with E-state index in [0.29, 0.717) is 11.3 Å². The van der Waals surface area contributed by atoms with Crippen molar-refractivity contribution >= 4 is 23.3 Å². The lowest BCUT2D eigenvalue weighted by molar-refractivity contribution is 0.298. The molecular formula is C13H23N3S2. The van der Waals surface area contributed by atoms with Crippen molar-refractivity contribution in [1.29, 1.82) is 0 Å². The average molecular weight is 285 g/mol. The standard InChI is InChI=1S/C13H23N3S2/c1-4-10-6-7-11(14-5-2)12(8-10)17-13-15-9(3)16-18-13/h10-12,14H,4-8H2,1-3H3. The van der Waals surface area contributed by atoms with Crippen molar-refractivity contribution < 1.29 is 0 Å². The zero-order valence-electron chi connectivity index (χ0n) is 11.5. The van der Waals surface area contributed by atoms with Gasteiger partial charge in [0.1, 0.15) is 5.82 Å². The van der Waals surface area contributed by atoms with Gasteiger partial charge >= 0.3 is 0 Å². The summed E-state index contributed by atoms with van der Waals surface area (Å²) >= 11 is 3.48. The van der Waals surface area contributed by atoms with Crippen molar-refractivity contribution in [2.45, 2.75) is 62.1 Å². The van der Waals surface area contributed by atoms with E-state index in [4.69, 9.17) is 0 Å². The second-order valence-corrected chi connectivity index (χ2v) is 7.25. The first-order chi connectivity index (χ1) is 8.72. The highest BCUT2D eigenvalue weighted by Crippen LogP contribution is 2.38. The highest BCUT2D eigenvalue weighted by molar-refractivity contribution is 8.01. The van der Waals surface area contributed by atoms with Gasteiger partial charge in [-0.15, -0.1) is 0 Å². The van der Waals surface area contributed by atoms with Crippen LogP contribution in [0.4, 0.5) is 0 Å². The molecule has 1 aromatic heterocycles. The Morgan fingerprint density at radius 2 is 2.22 bits per heavy atom. The maximum atomic E-state index is 4.49. The maximum Gasteiger partial charge on any atom is 0.170 e. The van der Waals surface area contributed by atoms with E-state index in [2.05, 4.69) is 28.5 Å². The number of nitrogens with one attached hydrogen (secondary N) is 1. The molecule has 0 radical (unpaired) electrons. The van der Waals surface area contributed by atoms with E-state index in [1.807, 2.05) is 18.7 Å². The van der Waals surface area contributed by atoms with E-state index in [0.717, 1.165) is 22.6 Å². The van der Waals surface area contributed by atoms with Crippen LogP contribution in [0.15, 0.2) is 4.34 Å². The van der Waals surface area contributed by atoms with Crippen LogP contribution < -0.4 is 5.32 Å². The van der Waals surface area contributed by atoms with Gasteiger partial charge in [-0.1, -0.05) is 32.0 Å². The molecule has 18 heavy (non-hydrogen) atoms. The lowest BCUT2D eigenvalue weighted by Gasteiger charge is -2.35. The van der Waals surface area contributed by atoms with Gasteiger partial charge in [0, 0.05) is 11.3 Å². The zero-order valence-corrected chi connectivity index (χ0v) is 13.1. The van der Waals surface area contributed by atoms with Gasteiger partial charge in [-0.25, -0.2) is 4.98 Å². The van der Waals surface area contributed by atoms with E-state index in [9.17, 15) is 0 Å². The Kier molecular flexibility index (Phi) is 5.45. The Labute approximate surface area is 118 Å². The number of rotatable bonds is 5. The topological polar surface area (TPSA) is 37.8 Å². The van der Waals surface area contributed by atoms with Crippen molar-refractivity contribution in [3.63, 3.8) is 0 Å². The highest BCUT2D eigenvalue weighted by Gasteiger charge is 2.30. The summed E-state index contributed by atoms with van der Waals surface area (Å²) in [6.07, 6.45) is 5.31. The molecule has 3 atom stereocenters. The smallest absolute Gasteiger partial charge is 0.170 e. The van der Waals surface area contributed by atoms with Crippen molar-refractivity contribution in [2.24, 2.45) is 5.92 Å². The molecule has 1 aromatic rings. The van der Waals surface area contributed by atoms with Crippen molar-refractivity contribution in [1.82, 2.24) is 14.7 Å². The Morgan fingerprint density at radius 3 is 2.83 bits per heavy atom. The molecule has 2 rings (SSSR count).